The van der Waals surface area contributed by atoms with Crippen LogP contribution in [0.1, 0.15) is 25.3 Å². The summed E-state index contributed by atoms with van der Waals surface area (Å²) in [7, 11) is 0. The van der Waals surface area contributed by atoms with Gasteiger partial charge in [0, 0.05) is 19.2 Å². The van der Waals surface area contributed by atoms with E-state index in [1.165, 1.54) is 11.1 Å². The lowest BCUT2D eigenvalue weighted by Crippen LogP contribution is -2.22. The average Bonchev–Trinajstić information content (AvgIpc) is 2.57. The quantitative estimate of drug-likeness (QED) is 0.721. The molecule has 0 unspecified atom stereocenters. The summed E-state index contributed by atoms with van der Waals surface area (Å²) in [6.07, 6.45) is 13.9. The molecule has 2 N–H and O–H groups in total. The Labute approximate surface area is 137 Å². The monoisotopic (exact) mass is 309 g/mol. The number of carbonyl (C=O) groups is 1. The van der Waals surface area contributed by atoms with Crippen molar-refractivity contribution in [2.75, 3.05) is 11.9 Å². The topological polar surface area (TPSA) is 54.0 Å². The highest BCUT2D eigenvalue weighted by molar-refractivity contribution is 5.56. The number of hydrogen-bond donors (Lipinski definition) is 2. The number of pyridine rings is 1. The SMILES string of the molecule is C=C(NC/C(=C\C)C1=CCCC=C1)Nc1cc(CC=O)ccn1. The fraction of sp³-hybridized carbons (Fsp3) is 0.263. The van der Waals surface area contributed by atoms with Crippen molar-refractivity contribution >= 4 is 12.1 Å². The van der Waals surface area contributed by atoms with Crippen LogP contribution >= 0.6 is 0 Å². The van der Waals surface area contributed by atoms with Gasteiger partial charge in [0.05, 0.1) is 5.82 Å². The molecule has 0 aromatic carbocycles. The Hall–Kier alpha value is -2.62. The molecule has 120 valence electrons. The highest BCUT2D eigenvalue weighted by Gasteiger charge is 2.05. The van der Waals surface area contributed by atoms with Gasteiger partial charge in [0.15, 0.2) is 0 Å². The van der Waals surface area contributed by atoms with E-state index < -0.39 is 0 Å². The fourth-order valence-corrected chi connectivity index (χ4v) is 2.39. The van der Waals surface area contributed by atoms with E-state index in [-0.39, 0.29) is 0 Å². The van der Waals surface area contributed by atoms with Crippen LogP contribution in [0.5, 0.6) is 0 Å². The maximum absolute atomic E-state index is 10.6. The molecule has 1 aliphatic rings. The molecule has 4 heteroatoms. The molecule has 0 fully saturated rings. The first-order valence-electron chi connectivity index (χ1n) is 7.83. The van der Waals surface area contributed by atoms with E-state index in [2.05, 4.69) is 46.5 Å². The predicted molar refractivity (Wildman–Crippen MR) is 95.0 cm³/mol. The van der Waals surface area contributed by atoms with Gasteiger partial charge in [-0.3, -0.25) is 0 Å². The molecular weight excluding hydrogens is 286 g/mol. The van der Waals surface area contributed by atoms with E-state index in [0.717, 1.165) is 24.7 Å². The molecule has 23 heavy (non-hydrogen) atoms. The van der Waals surface area contributed by atoms with Gasteiger partial charge in [0.25, 0.3) is 0 Å². The Bertz CT molecular complexity index is 656. The number of nitrogens with one attached hydrogen (secondary N) is 2. The molecule has 1 aromatic rings. The number of hydrogen-bond acceptors (Lipinski definition) is 4. The largest absolute Gasteiger partial charge is 0.368 e. The van der Waals surface area contributed by atoms with Crippen LogP contribution in [0.25, 0.3) is 0 Å². The zero-order chi connectivity index (χ0) is 16.5. The lowest BCUT2D eigenvalue weighted by Gasteiger charge is -2.16. The molecule has 0 saturated heterocycles. The van der Waals surface area contributed by atoms with Crippen LogP contribution in [0.15, 0.2) is 66.2 Å². The molecule has 1 aromatic heterocycles. The highest BCUT2D eigenvalue weighted by atomic mass is 16.1. The smallest absolute Gasteiger partial charge is 0.131 e. The van der Waals surface area contributed by atoms with E-state index in [1.54, 1.807) is 6.20 Å². The second-order valence-electron chi connectivity index (χ2n) is 5.33. The van der Waals surface area contributed by atoms with Crippen LogP contribution in [0.3, 0.4) is 0 Å². The molecule has 0 atom stereocenters. The first kappa shape index (κ1) is 16.7. The fourth-order valence-electron chi connectivity index (χ4n) is 2.39. The Morgan fingerprint density at radius 3 is 3.00 bits per heavy atom. The number of carbonyl (C=O) groups excluding carboxylic acids is 1. The van der Waals surface area contributed by atoms with Crippen LogP contribution in [0.4, 0.5) is 5.82 Å². The summed E-state index contributed by atoms with van der Waals surface area (Å²) in [6.45, 7) is 6.72. The minimum absolute atomic E-state index is 0.389. The normalized spacial score (nSPS) is 14.1. The van der Waals surface area contributed by atoms with E-state index in [9.17, 15) is 4.79 Å². The van der Waals surface area contributed by atoms with Crippen molar-refractivity contribution in [3.63, 3.8) is 0 Å². The van der Waals surface area contributed by atoms with Crippen LogP contribution in [0.2, 0.25) is 0 Å². The Morgan fingerprint density at radius 2 is 2.30 bits per heavy atom. The van der Waals surface area contributed by atoms with Crippen molar-refractivity contribution in [3.05, 3.63) is 71.7 Å². The summed E-state index contributed by atoms with van der Waals surface area (Å²) in [5.41, 5.74) is 3.44. The molecule has 1 aliphatic carbocycles. The standard InChI is InChI=1S/C19H23N3O/c1-3-17(18-7-5-4-6-8-18)14-21-15(2)22-19-13-16(10-12-23)9-11-20-19/h3,5,7-9,11-13,21H,2,4,6,10,14H2,1H3,(H,20,22)/b17-3+. The van der Waals surface area contributed by atoms with Crippen molar-refractivity contribution < 1.29 is 4.79 Å². The molecule has 0 radical (unpaired) electrons. The van der Waals surface area contributed by atoms with Crippen LogP contribution < -0.4 is 10.6 Å². The summed E-state index contributed by atoms with van der Waals surface area (Å²) < 4.78 is 0. The minimum atomic E-state index is 0.389. The first-order chi connectivity index (χ1) is 11.2. The van der Waals surface area contributed by atoms with Gasteiger partial charge in [-0.15, -0.1) is 0 Å². The molecule has 0 spiro atoms. The first-order valence-corrected chi connectivity index (χ1v) is 7.83. The summed E-state index contributed by atoms with van der Waals surface area (Å²) in [5.74, 6) is 1.36. The molecular formula is C19H23N3O. The van der Waals surface area contributed by atoms with E-state index >= 15 is 0 Å². The Morgan fingerprint density at radius 1 is 1.43 bits per heavy atom. The molecule has 0 bridgehead atoms. The van der Waals surface area contributed by atoms with Gasteiger partial charge < -0.3 is 15.4 Å². The lowest BCUT2D eigenvalue weighted by atomic mass is 9.99. The van der Waals surface area contributed by atoms with Gasteiger partial charge in [0.1, 0.15) is 12.1 Å². The van der Waals surface area contributed by atoms with Gasteiger partial charge in [-0.2, -0.15) is 0 Å². The zero-order valence-corrected chi connectivity index (χ0v) is 13.5. The van der Waals surface area contributed by atoms with Crippen molar-refractivity contribution in [1.29, 1.82) is 0 Å². The summed E-state index contributed by atoms with van der Waals surface area (Å²) in [5, 5.41) is 6.40. The molecule has 2 rings (SSSR count). The Balaban J connectivity index is 1.89. The predicted octanol–water partition coefficient (Wildman–Crippen LogP) is 3.52. The second kappa shape index (κ2) is 8.73. The summed E-state index contributed by atoms with van der Waals surface area (Å²) >= 11 is 0. The number of nitrogens with zero attached hydrogens (tertiary/aromatic N) is 1. The average molecular weight is 309 g/mol. The number of aromatic nitrogens is 1. The molecule has 0 aliphatic heterocycles. The van der Waals surface area contributed by atoms with Crippen LogP contribution in [-0.2, 0) is 11.2 Å². The number of anilines is 1. The number of rotatable bonds is 8. The number of aldehydes is 1. The van der Waals surface area contributed by atoms with E-state index in [4.69, 9.17) is 0 Å². The van der Waals surface area contributed by atoms with Gasteiger partial charge in [0.2, 0.25) is 0 Å². The van der Waals surface area contributed by atoms with Crippen LogP contribution in [0, 0.1) is 0 Å². The molecule has 1 heterocycles. The van der Waals surface area contributed by atoms with Gasteiger partial charge in [-0.1, -0.05) is 30.9 Å². The second-order valence-corrected chi connectivity index (χ2v) is 5.33. The van der Waals surface area contributed by atoms with Crippen LogP contribution in [-0.4, -0.2) is 17.8 Å². The third kappa shape index (κ3) is 5.25. The van der Waals surface area contributed by atoms with Crippen molar-refractivity contribution in [1.82, 2.24) is 10.3 Å². The van der Waals surface area contributed by atoms with Crippen molar-refractivity contribution in [2.45, 2.75) is 26.2 Å². The maximum atomic E-state index is 10.6. The third-order valence-corrected chi connectivity index (χ3v) is 3.63. The minimum Gasteiger partial charge on any atom is -0.368 e. The van der Waals surface area contributed by atoms with Gasteiger partial charge >= 0.3 is 0 Å². The highest BCUT2D eigenvalue weighted by Crippen LogP contribution is 2.17. The van der Waals surface area contributed by atoms with E-state index in [0.29, 0.717) is 24.6 Å². The zero-order valence-electron chi connectivity index (χ0n) is 13.5. The van der Waals surface area contributed by atoms with Crippen molar-refractivity contribution in [2.24, 2.45) is 0 Å². The molecule has 0 saturated carbocycles. The maximum Gasteiger partial charge on any atom is 0.131 e. The van der Waals surface area contributed by atoms with E-state index in [1.807, 2.05) is 19.1 Å². The molecule has 0 amide bonds. The third-order valence-electron chi connectivity index (χ3n) is 3.63. The van der Waals surface area contributed by atoms with Gasteiger partial charge in [-0.05, 0) is 48.6 Å². The molecule has 4 nitrogen and oxygen atoms in total. The summed E-state index contributed by atoms with van der Waals surface area (Å²) in [4.78, 5) is 14.8. The number of allylic oxidation sites excluding steroid dienone is 4. The Kier molecular flexibility index (Phi) is 6.36. The summed E-state index contributed by atoms with van der Waals surface area (Å²) in [6, 6.07) is 3.68. The lowest BCUT2D eigenvalue weighted by molar-refractivity contribution is -0.107. The van der Waals surface area contributed by atoms with Gasteiger partial charge in [-0.25, -0.2) is 4.98 Å². The van der Waals surface area contributed by atoms with Crippen molar-refractivity contribution in [3.8, 4) is 0 Å².